The lowest BCUT2D eigenvalue weighted by atomic mass is 9.96. The van der Waals surface area contributed by atoms with Gasteiger partial charge < -0.3 is 29.5 Å². The Morgan fingerprint density at radius 1 is 0.529 bits per heavy atom. The van der Waals surface area contributed by atoms with Crippen LogP contribution in [-0.4, -0.2) is 93.3 Å². The van der Waals surface area contributed by atoms with Gasteiger partial charge in [0.15, 0.2) is 46.0 Å². The Balaban J connectivity index is 0.000000170. The highest BCUT2D eigenvalue weighted by molar-refractivity contribution is 7.98. The second-order valence-corrected chi connectivity index (χ2v) is 17.5. The lowest BCUT2D eigenvalue weighted by molar-refractivity contribution is 0.0693. The zero-order valence-electron chi connectivity index (χ0n) is 36.7. The number of aromatic hydroxyl groups is 2. The minimum Gasteiger partial charge on any atom is -0.502 e. The standard InChI is InChI=1S/2C25H22FN3O4S/c2*1-34-20-10-3-2-7-16(20)21-17-8-6-9-18(26)24(17)33-14-5-4-12-27-15-29(21)28-13-11-19(30)23(31)22(28)25(27)32/h2*2-11,13,21,31H,12,14-15H2,1H3/b2*5-4-/t2*21-/m10/s1. The number of hydrogen-bond donors (Lipinski definition) is 2. The fraction of sp³-hybridized carbons (Fsp3) is 0.200. The molecule has 2 atom stereocenters. The molecule has 4 bridgehead atoms. The number of para-hydroxylation sites is 2. The highest BCUT2D eigenvalue weighted by atomic mass is 32.2. The zero-order chi connectivity index (χ0) is 47.6. The largest absolute Gasteiger partial charge is 0.502 e. The molecule has 4 aliphatic rings. The molecule has 348 valence electrons. The monoisotopic (exact) mass is 958 g/mol. The quantitative estimate of drug-likeness (QED) is 0.138. The van der Waals surface area contributed by atoms with Crippen LogP contribution in [0.3, 0.4) is 0 Å². The number of carbonyl (C=O) groups is 2. The van der Waals surface area contributed by atoms with Crippen molar-refractivity contribution in [3.05, 3.63) is 199 Å². The minimum absolute atomic E-state index is 0.116. The summed E-state index contributed by atoms with van der Waals surface area (Å²) < 4.78 is 44.9. The molecule has 6 aromatic rings. The highest BCUT2D eigenvalue weighted by Crippen LogP contribution is 2.43. The van der Waals surface area contributed by atoms with E-state index in [1.165, 1.54) is 55.8 Å². The topological polar surface area (TPSA) is 150 Å². The van der Waals surface area contributed by atoms with Crippen LogP contribution in [0.15, 0.2) is 153 Å². The molecule has 0 radical (unpaired) electrons. The number of carbonyl (C=O) groups excluding carboxylic acids is 2. The normalized spacial score (nSPS) is 18.4. The Kier molecular flexibility index (Phi) is 13.1. The van der Waals surface area contributed by atoms with Crippen molar-refractivity contribution in [3.63, 3.8) is 0 Å². The maximum Gasteiger partial charge on any atom is 0.278 e. The molecule has 2 aromatic heterocycles. The summed E-state index contributed by atoms with van der Waals surface area (Å²) in [5.41, 5.74) is 1.33. The van der Waals surface area contributed by atoms with Crippen molar-refractivity contribution in [3.8, 4) is 23.0 Å². The molecule has 2 amide bonds. The lowest BCUT2D eigenvalue weighted by Crippen LogP contribution is -2.55. The summed E-state index contributed by atoms with van der Waals surface area (Å²) in [7, 11) is 0. The summed E-state index contributed by atoms with van der Waals surface area (Å²) >= 11 is 3.10. The molecule has 0 saturated carbocycles. The molecule has 0 fully saturated rings. The van der Waals surface area contributed by atoms with Gasteiger partial charge in [0.05, 0.1) is 0 Å². The van der Waals surface area contributed by atoms with Crippen molar-refractivity contribution in [2.24, 2.45) is 0 Å². The van der Waals surface area contributed by atoms with E-state index in [4.69, 9.17) is 9.47 Å². The van der Waals surface area contributed by atoms with Gasteiger partial charge in [0.25, 0.3) is 11.8 Å². The third-order valence-electron chi connectivity index (χ3n) is 12.0. The van der Waals surface area contributed by atoms with E-state index in [2.05, 4.69) is 0 Å². The van der Waals surface area contributed by atoms with E-state index < -0.39 is 57.9 Å². The number of amides is 2. The van der Waals surface area contributed by atoms with Gasteiger partial charge in [0.1, 0.15) is 38.6 Å². The SMILES string of the molecule is CSc1ccccc1[C@@H]1c2cccc(F)c2OC/C=C\CN2CN1n1ccc(=O)c(O)c1C2=O.CSc1ccccc1[C@H]1c2cccc(F)c2OC/C=C\CN2CN1n1ccc(=O)c(O)c1C2=O. The molecule has 4 aliphatic heterocycles. The van der Waals surface area contributed by atoms with Crippen LogP contribution in [0.1, 0.15) is 55.3 Å². The predicted octanol–water partition coefficient (Wildman–Crippen LogP) is 7.01. The van der Waals surface area contributed by atoms with Gasteiger partial charge in [-0.25, -0.2) is 8.78 Å². The summed E-state index contributed by atoms with van der Waals surface area (Å²) in [6.45, 7) is 1.00. The minimum atomic E-state index is -0.642. The number of halogens is 2. The molecule has 18 heteroatoms. The van der Waals surface area contributed by atoms with Crippen molar-refractivity contribution in [1.82, 2.24) is 19.2 Å². The smallest absolute Gasteiger partial charge is 0.278 e. The van der Waals surface area contributed by atoms with Gasteiger partial charge in [0.2, 0.25) is 10.9 Å². The Labute approximate surface area is 397 Å². The number of fused-ring (bicyclic) bond motifs is 10. The average Bonchev–Trinajstić information content (AvgIpc) is 3.40. The van der Waals surface area contributed by atoms with Crippen LogP contribution >= 0.6 is 23.5 Å². The maximum absolute atomic E-state index is 15.1. The fourth-order valence-corrected chi connectivity index (χ4v) is 10.1. The van der Waals surface area contributed by atoms with Gasteiger partial charge in [0, 0.05) is 58.5 Å². The third kappa shape index (κ3) is 8.34. The lowest BCUT2D eigenvalue weighted by Gasteiger charge is -2.44. The maximum atomic E-state index is 15.1. The number of thioether (sulfide) groups is 2. The first-order valence-corrected chi connectivity index (χ1v) is 23.9. The molecule has 14 nitrogen and oxygen atoms in total. The van der Waals surface area contributed by atoms with E-state index >= 15 is 8.78 Å². The number of ether oxygens (including phenoxy) is 2. The predicted molar refractivity (Wildman–Crippen MR) is 255 cm³/mol. The molecule has 0 spiro atoms. The summed E-state index contributed by atoms with van der Waals surface area (Å²) in [5.74, 6) is -2.92. The first-order valence-electron chi connectivity index (χ1n) is 21.4. The number of pyridine rings is 2. The highest BCUT2D eigenvalue weighted by Gasteiger charge is 2.40. The molecule has 6 heterocycles. The van der Waals surface area contributed by atoms with Crippen molar-refractivity contribution < 1.29 is 38.1 Å². The first-order chi connectivity index (χ1) is 33.0. The summed E-state index contributed by atoms with van der Waals surface area (Å²) in [5, 5.41) is 24.9. The molecular formula is C50H44F2N6O8S2. The molecule has 0 unspecified atom stereocenters. The van der Waals surface area contributed by atoms with Crippen molar-refractivity contribution in [2.45, 2.75) is 21.9 Å². The molecular weight excluding hydrogens is 915 g/mol. The van der Waals surface area contributed by atoms with E-state index in [9.17, 15) is 29.4 Å². The zero-order valence-corrected chi connectivity index (χ0v) is 38.3. The molecule has 0 saturated heterocycles. The van der Waals surface area contributed by atoms with Gasteiger partial charge in [-0.1, -0.05) is 72.8 Å². The van der Waals surface area contributed by atoms with Gasteiger partial charge >= 0.3 is 0 Å². The van der Waals surface area contributed by atoms with E-state index in [1.807, 2.05) is 71.1 Å². The van der Waals surface area contributed by atoms with Gasteiger partial charge in [-0.2, -0.15) is 0 Å². The number of benzene rings is 4. The molecule has 4 aromatic carbocycles. The molecule has 0 aliphatic carbocycles. The second kappa shape index (κ2) is 19.4. The summed E-state index contributed by atoms with van der Waals surface area (Å²) in [6, 6.07) is 26.3. The Bertz CT molecular complexity index is 2920. The van der Waals surface area contributed by atoms with Gasteiger partial charge in [-0.15, -0.1) is 23.5 Å². The van der Waals surface area contributed by atoms with Crippen LogP contribution in [0, 0.1) is 11.6 Å². The third-order valence-corrected chi connectivity index (χ3v) is 13.6. The number of rotatable bonds is 4. The van der Waals surface area contributed by atoms with E-state index in [0.29, 0.717) is 11.1 Å². The summed E-state index contributed by atoms with van der Waals surface area (Å²) in [4.78, 5) is 56.0. The van der Waals surface area contributed by atoms with E-state index in [1.54, 1.807) is 72.1 Å². The van der Waals surface area contributed by atoms with Gasteiger partial charge in [-0.3, -0.25) is 38.5 Å². The summed E-state index contributed by atoms with van der Waals surface area (Å²) in [6.07, 6.45) is 13.8. The van der Waals surface area contributed by atoms with E-state index in [0.717, 1.165) is 20.9 Å². The molecule has 68 heavy (non-hydrogen) atoms. The Morgan fingerprint density at radius 3 is 1.34 bits per heavy atom. The van der Waals surface area contributed by atoms with Gasteiger partial charge in [-0.05, 0) is 60.1 Å². The van der Waals surface area contributed by atoms with Crippen LogP contribution in [0.2, 0.25) is 0 Å². The van der Waals surface area contributed by atoms with Crippen LogP contribution in [0.4, 0.5) is 8.78 Å². The van der Waals surface area contributed by atoms with Crippen LogP contribution in [0.25, 0.3) is 0 Å². The van der Waals surface area contributed by atoms with Crippen molar-refractivity contribution in [2.75, 3.05) is 62.2 Å². The average molecular weight is 959 g/mol. The number of hydrogen-bond acceptors (Lipinski definition) is 12. The molecule has 10 rings (SSSR count). The number of aromatic nitrogens is 2. The second-order valence-electron chi connectivity index (χ2n) is 15.8. The first kappa shape index (κ1) is 45.7. The van der Waals surface area contributed by atoms with Crippen molar-refractivity contribution >= 4 is 35.3 Å². The number of nitrogens with zero attached hydrogens (tertiary/aromatic N) is 6. The Morgan fingerprint density at radius 2 is 0.926 bits per heavy atom. The van der Waals surface area contributed by atoms with E-state index in [-0.39, 0.29) is 62.5 Å². The molecule has 2 N–H and O–H groups in total. The fourth-order valence-electron chi connectivity index (χ4n) is 8.82. The van der Waals surface area contributed by atoms with Crippen LogP contribution in [-0.2, 0) is 0 Å². The van der Waals surface area contributed by atoms with Crippen LogP contribution < -0.4 is 30.3 Å². The van der Waals surface area contributed by atoms with Crippen LogP contribution in [0.5, 0.6) is 23.0 Å². The van der Waals surface area contributed by atoms with Crippen molar-refractivity contribution in [1.29, 1.82) is 0 Å². The Hall–Kier alpha value is -7.44.